The lowest BCUT2D eigenvalue weighted by Gasteiger charge is -2.01. The van der Waals surface area contributed by atoms with Crippen LogP contribution in [0, 0.1) is 0 Å². The molecule has 2 heteroatoms. The molecule has 0 radical (unpaired) electrons. The average Bonchev–Trinajstić information content (AvgIpc) is 2.32. The van der Waals surface area contributed by atoms with Crippen molar-refractivity contribution >= 4 is 5.78 Å². The summed E-state index contributed by atoms with van der Waals surface area (Å²) in [7, 11) is 1.53. The molecule has 0 spiro atoms. The van der Waals surface area contributed by atoms with Gasteiger partial charge in [0, 0.05) is 12.7 Å². The number of ketones is 1. The maximum Gasteiger partial charge on any atom is 0.188 e. The molecule has 0 aliphatic carbocycles. The molecule has 0 aromatic heterocycles. The van der Waals surface area contributed by atoms with E-state index in [-0.39, 0.29) is 12.4 Å². The number of aryl methyl sites for hydroxylation is 1. The van der Waals surface area contributed by atoms with Gasteiger partial charge >= 0.3 is 0 Å². The standard InChI is InChI=1S/C11H14O2.C2H6/c1-3-9-5-4-6-10(7-9)11(12)8-13-2;1-2/h4-7H,3,8H2,1-2H3;1-2H3. The highest BCUT2D eigenvalue weighted by atomic mass is 16.5. The summed E-state index contributed by atoms with van der Waals surface area (Å²) >= 11 is 0. The van der Waals surface area contributed by atoms with Gasteiger partial charge in [-0.05, 0) is 18.1 Å². The Morgan fingerprint density at radius 1 is 1.33 bits per heavy atom. The van der Waals surface area contributed by atoms with Gasteiger partial charge in [-0.1, -0.05) is 39.0 Å². The molecular formula is C13H20O2. The van der Waals surface area contributed by atoms with Gasteiger partial charge in [-0.3, -0.25) is 4.79 Å². The van der Waals surface area contributed by atoms with Gasteiger partial charge in [-0.15, -0.1) is 0 Å². The van der Waals surface area contributed by atoms with Crippen molar-refractivity contribution in [2.45, 2.75) is 27.2 Å². The summed E-state index contributed by atoms with van der Waals surface area (Å²) < 4.78 is 4.78. The van der Waals surface area contributed by atoms with Crippen molar-refractivity contribution in [3.8, 4) is 0 Å². The number of carbonyl (C=O) groups is 1. The molecule has 0 aliphatic heterocycles. The van der Waals surface area contributed by atoms with Crippen molar-refractivity contribution in [2.24, 2.45) is 0 Å². The van der Waals surface area contributed by atoms with E-state index in [0.29, 0.717) is 0 Å². The van der Waals surface area contributed by atoms with E-state index in [2.05, 4.69) is 6.92 Å². The van der Waals surface area contributed by atoms with Gasteiger partial charge in [0.2, 0.25) is 0 Å². The average molecular weight is 208 g/mol. The van der Waals surface area contributed by atoms with E-state index >= 15 is 0 Å². The molecule has 0 N–H and O–H groups in total. The second kappa shape index (κ2) is 8.18. The summed E-state index contributed by atoms with van der Waals surface area (Å²) in [5, 5.41) is 0. The molecule has 0 amide bonds. The molecular weight excluding hydrogens is 188 g/mol. The zero-order valence-corrected chi connectivity index (χ0v) is 10.0. The zero-order valence-electron chi connectivity index (χ0n) is 10.0. The van der Waals surface area contributed by atoms with Gasteiger partial charge in [-0.25, -0.2) is 0 Å². The normalized spacial score (nSPS) is 9.07. The monoisotopic (exact) mass is 208 g/mol. The molecule has 0 aliphatic rings. The van der Waals surface area contributed by atoms with Crippen LogP contribution in [-0.4, -0.2) is 19.5 Å². The third-order valence-electron chi connectivity index (χ3n) is 1.93. The molecule has 0 heterocycles. The van der Waals surface area contributed by atoms with Crippen molar-refractivity contribution in [1.82, 2.24) is 0 Å². The van der Waals surface area contributed by atoms with Crippen LogP contribution in [0.2, 0.25) is 0 Å². The van der Waals surface area contributed by atoms with Gasteiger partial charge in [0.05, 0.1) is 0 Å². The summed E-state index contributed by atoms with van der Waals surface area (Å²) in [6.07, 6.45) is 0.952. The van der Waals surface area contributed by atoms with Crippen molar-refractivity contribution in [3.63, 3.8) is 0 Å². The highest BCUT2D eigenvalue weighted by Gasteiger charge is 2.04. The van der Waals surface area contributed by atoms with Crippen LogP contribution in [0.25, 0.3) is 0 Å². The van der Waals surface area contributed by atoms with Gasteiger partial charge in [0.25, 0.3) is 0 Å². The molecule has 0 fully saturated rings. The number of rotatable bonds is 4. The number of Topliss-reactive ketones (excluding diaryl/α,β-unsaturated/α-hetero) is 1. The maximum atomic E-state index is 11.4. The molecule has 0 saturated carbocycles. The number of carbonyl (C=O) groups excluding carboxylic acids is 1. The Morgan fingerprint density at radius 3 is 2.53 bits per heavy atom. The third-order valence-corrected chi connectivity index (χ3v) is 1.93. The fourth-order valence-corrected chi connectivity index (χ4v) is 1.18. The molecule has 1 rings (SSSR count). The number of ether oxygens (including phenoxy) is 1. The van der Waals surface area contributed by atoms with Crippen LogP contribution in [0.5, 0.6) is 0 Å². The van der Waals surface area contributed by atoms with Gasteiger partial charge in [0.15, 0.2) is 5.78 Å². The van der Waals surface area contributed by atoms with Crippen LogP contribution in [0.15, 0.2) is 24.3 Å². The minimum Gasteiger partial charge on any atom is -0.377 e. The van der Waals surface area contributed by atoms with Crippen LogP contribution in [-0.2, 0) is 11.2 Å². The van der Waals surface area contributed by atoms with Gasteiger partial charge in [0.1, 0.15) is 6.61 Å². The Hall–Kier alpha value is -1.15. The van der Waals surface area contributed by atoms with Crippen molar-refractivity contribution in [3.05, 3.63) is 35.4 Å². The molecule has 1 aromatic rings. The predicted octanol–water partition coefficient (Wildman–Crippen LogP) is 3.10. The fourth-order valence-electron chi connectivity index (χ4n) is 1.18. The summed E-state index contributed by atoms with van der Waals surface area (Å²) in [5.41, 5.74) is 1.92. The van der Waals surface area contributed by atoms with Gasteiger partial charge < -0.3 is 4.74 Å². The summed E-state index contributed by atoms with van der Waals surface area (Å²) in [5.74, 6) is 0.0396. The highest BCUT2D eigenvalue weighted by Crippen LogP contribution is 2.06. The first-order chi connectivity index (χ1) is 7.27. The van der Waals surface area contributed by atoms with E-state index in [0.717, 1.165) is 12.0 Å². The maximum absolute atomic E-state index is 11.4. The lowest BCUT2D eigenvalue weighted by molar-refractivity contribution is 0.0848. The van der Waals surface area contributed by atoms with Crippen molar-refractivity contribution in [2.75, 3.05) is 13.7 Å². The van der Waals surface area contributed by atoms with E-state index in [4.69, 9.17) is 4.74 Å². The minimum atomic E-state index is 0.0396. The number of hydrogen-bond acceptors (Lipinski definition) is 2. The number of benzene rings is 1. The van der Waals surface area contributed by atoms with Crippen molar-refractivity contribution in [1.29, 1.82) is 0 Å². The third kappa shape index (κ3) is 4.75. The van der Waals surface area contributed by atoms with E-state index in [1.165, 1.54) is 12.7 Å². The molecule has 2 nitrogen and oxygen atoms in total. The fraction of sp³-hybridized carbons (Fsp3) is 0.462. The smallest absolute Gasteiger partial charge is 0.188 e. The predicted molar refractivity (Wildman–Crippen MR) is 63.4 cm³/mol. The quantitative estimate of drug-likeness (QED) is 0.711. The Kier molecular flexibility index (Phi) is 7.56. The summed E-state index contributed by atoms with van der Waals surface area (Å²) in [6, 6.07) is 7.66. The molecule has 0 atom stereocenters. The van der Waals surface area contributed by atoms with Crippen LogP contribution in [0.4, 0.5) is 0 Å². The van der Waals surface area contributed by atoms with E-state index in [9.17, 15) is 4.79 Å². The molecule has 84 valence electrons. The van der Waals surface area contributed by atoms with E-state index in [1.807, 2.05) is 38.1 Å². The van der Waals surface area contributed by atoms with Crippen LogP contribution in [0.1, 0.15) is 36.7 Å². The second-order valence-electron chi connectivity index (χ2n) is 2.91. The second-order valence-corrected chi connectivity index (χ2v) is 2.91. The molecule has 1 aromatic carbocycles. The largest absolute Gasteiger partial charge is 0.377 e. The molecule has 0 unspecified atom stereocenters. The number of hydrogen-bond donors (Lipinski definition) is 0. The topological polar surface area (TPSA) is 26.3 Å². The highest BCUT2D eigenvalue weighted by molar-refractivity contribution is 5.97. The first-order valence-corrected chi connectivity index (χ1v) is 5.39. The Bertz CT molecular complexity index is 292. The molecule has 15 heavy (non-hydrogen) atoms. The first-order valence-electron chi connectivity index (χ1n) is 5.39. The Morgan fingerprint density at radius 2 is 2.00 bits per heavy atom. The van der Waals surface area contributed by atoms with Gasteiger partial charge in [-0.2, -0.15) is 0 Å². The SMILES string of the molecule is CC.CCc1cccc(C(=O)COC)c1. The molecule has 0 saturated heterocycles. The van der Waals surface area contributed by atoms with Crippen LogP contribution in [0.3, 0.4) is 0 Å². The summed E-state index contributed by atoms with van der Waals surface area (Å²) in [6.45, 7) is 6.23. The van der Waals surface area contributed by atoms with E-state index < -0.39 is 0 Å². The minimum absolute atomic E-state index is 0.0396. The lowest BCUT2D eigenvalue weighted by Crippen LogP contribution is -2.07. The summed E-state index contributed by atoms with van der Waals surface area (Å²) in [4.78, 5) is 11.4. The Labute approximate surface area is 92.3 Å². The number of methoxy groups -OCH3 is 1. The molecule has 0 bridgehead atoms. The lowest BCUT2D eigenvalue weighted by atomic mass is 10.1. The van der Waals surface area contributed by atoms with Crippen molar-refractivity contribution < 1.29 is 9.53 Å². The zero-order chi connectivity index (χ0) is 11.7. The van der Waals surface area contributed by atoms with Crippen LogP contribution >= 0.6 is 0 Å². The Balaban J connectivity index is 0.000000921. The van der Waals surface area contributed by atoms with Crippen LogP contribution < -0.4 is 0 Å². The van der Waals surface area contributed by atoms with E-state index in [1.54, 1.807) is 0 Å². The first kappa shape index (κ1) is 13.8.